The Morgan fingerprint density at radius 1 is 0.889 bits per heavy atom. The molecular weight excluding hydrogens is 346 g/mol. The van der Waals surface area contributed by atoms with E-state index in [0.717, 1.165) is 11.1 Å². The highest BCUT2D eigenvalue weighted by Crippen LogP contribution is 2.17. The van der Waals surface area contributed by atoms with Gasteiger partial charge < -0.3 is 11.1 Å². The quantitative estimate of drug-likeness (QED) is 0.758. The standard InChI is InChI=1S/C20H19N3O4/c21-17(24)11-13-3-7-16(8-4-13)22-20(27)15-5-1-14(2-6-15)12-23-18(25)9-10-19(23)26/h1-8H,9-12H2,(H2,21,24)(H,22,27). The SMILES string of the molecule is NC(=O)Cc1ccc(NC(=O)c2ccc(CN3C(=O)CCC3=O)cc2)cc1. The van der Waals surface area contributed by atoms with Gasteiger partial charge in [-0.2, -0.15) is 0 Å². The molecule has 1 heterocycles. The van der Waals surface area contributed by atoms with Crippen LogP contribution in [0.5, 0.6) is 0 Å². The second-order valence-corrected chi connectivity index (χ2v) is 6.36. The molecule has 2 aromatic carbocycles. The number of amides is 4. The van der Waals surface area contributed by atoms with Crippen LogP contribution in [-0.4, -0.2) is 28.5 Å². The van der Waals surface area contributed by atoms with Crippen molar-refractivity contribution in [3.63, 3.8) is 0 Å². The third-order valence-electron chi connectivity index (χ3n) is 4.30. The van der Waals surface area contributed by atoms with Crippen molar-refractivity contribution in [1.29, 1.82) is 0 Å². The number of hydrogen-bond acceptors (Lipinski definition) is 4. The van der Waals surface area contributed by atoms with E-state index in [0.29, 0.717) is 11.3 Å². The lowest BCUT2D eigenvalue weighted by Gasteiger charge is -2.14. The maximum Gasteiger partial charge on any atom is 0.255 e. The number of nitrogens with one attached hydrogen (secondary N) is 1. The fourth-order valence-corrected chi connectivity index (χ4v) is 2.85. The first-order valence-electron chi connectivity index (χ1n) is 8.53. The molecule has 0 saturated carbocycles. The van der Waals surface area contributed by atoms with Crippen LogP contribution in [0.2, 0.25) is 0 Å². The first-order valence-corrected chi connectivity index (χ1v) is 8.53. The topological polar surface area (TPSA) is 110 Å². The van der Waals surface area contributed by atoms with Gasteiger partial charge >= 0.3 is 0 Å². The number of rotatable bonds is 6. The zero-order chi connectivity index (χ0) is 19.4. The average Bonchev–Trinajstić information content (AvgIpc) is 2.95. The molecule has 4 amide bonds. The van der Waals surface area contributed by atoms with E-state index >= 15 is 0 Å². The minimum absolute atomic E-state index is 0.151. The number of nitrogens with zero attached hydrogens (tertiary/aromatic N) is 1. The highest BCUT2D eigenvalue weighted by molar-refractivity contribution is 6.04. The monoisotopic (exact) mass is 365 g/mol. The molecule has 0 atom stereocenters. The van der Waals surface area contributed by atoms with Crippen LogP contribution >= 0.6 is 0 Å². The fourth-order valence-electron chi connectivity index (χ4n) is 2.85. The number of nitrogens with two attached hydrogens (primary N) is 1. The van der Waals surface area contributed by atoms with Gasteiger partial charge in [-0.25, -0.2) is 0 Å². The molecule has 0 spiro atoms. The Labute approximate surface area is 156 Å². The molecule has 138 valence electrons. The third kappa shape index (κ3) is 4.58. The summed E-state index contributed by atoms with van der Waals surface area (Å²) < 4.78 is 0. The molecule has 0 unspecified atom stereocenters. The molecule has 1 fully saturated rings. The maximum absolute atomic E-state index is 12.3. The van der Waals surface area contributed by atoms with Crippen molar-refractivity contribution >= 4 is 29.3 Å². The summed E-state index contributed by atoms with van der Waals surface area (Å²) in [7, 11) is 0. The van der Waals surface area contributed by atoms with Gasteiger partial charge in [-0.1, -0.05) is 24.3 Å². The Bertz CT molecular complexity index is 872. The Morgan fingerprint density at radius 3 is 2.00 bits per heavy atom. The van der Waals surface area contributed by atoms with Gasteiger partial charge in [0.15, 0.2) is 0 Å². The first-order chi connectivity index (χ1) is 12.9. The van der Waals surface area contributed by atoms with Crippen molar-refractivity contribution < 1.29 is 19.2 Å². The zero-order valence-corrected chi connectivity index (χ0v) is 14.6. The van der Waals surface area contributed by atoms with E-state index in [4.69, 9.17) is 5.73 Å². The Hall–Kier alpha value is -3.48. The summed E-state index contributed by atoms with van der Waals surface area (Å²) in [6.07, 6.45) is 0.673. The van der Waals surface area contributed by atoms with Gasteiger partial charge in [0, 0.05) is 24.1 Å². The van der Waals surface area contributed by atoms with Gasteiger partial charge in [-0.3, -0.25) is 24.1 Å². The molecule has 3 N–H and O–H groups in total. The molecular formula is C20H19N3O4. The average molecular weight is 365 g/mol. The summed E-state index contributed by atoms with van der Waals surface area (Å²) in [5.41, 5.74) is 7.77. The van der Waals surface area contributed by atoms with Crippen LogP contribution in [0.1, 0.15) is 34.3 Å². The molecule has 0 aromatic heterocycles. The normalized spacial score (nSPS) is 13.7. The Balaban J connectivity index is 1.61. The molecule has 0 aliphatic carbocycles. The van der Waals surface area contributed by atoms with Crippen molar-refractivity contribution in [2.24, 2.45) is 5.73 Å². The van der Waals surface area contributed by atoms with Crippen molar-refractivity contribution in [2.45, 2.75) is 25.8 Å². The summed E-state index contributed by atoms with van der Waals surface area (Å²) >= 11 is 0. The Morgan fingerprint density at radius 2 is 1.44 bits per heavy atom. The molecule has 1 aliphatic rings. The molecule has 27 heavy (non-hydrogen) atoms. The van der Waals surface area contributed by atoms with Gasteiger partial charge in [-0.05, 0) is 35.4 Å². The number of imide groups is 1. The van der Waals surface area contributed by atoms with E-state index in [2.05, 4.69) is 5.32 Å². The molecule has 3 rings (SSSR count). The number of likely N-dealkylation sites (tertiary alicyclic amines) is 1. The van der Waals surface area contributed by atoms with E-state index in [9.17, 15) is 19.2 Å². The van der Waals surface area contributed by atoms with Crippen LogP contribution in [0.25, 0.3) is 0 Å². The molecule has 1 saturated heterocycles. The highest BCUT2D eigenvalue weighted by Gasteiger charge is 2.28. The highest BCUT2D eigenvalue weighted by atomic mass is 16.2. The predicted octanol–water partition coefficient (Wildman–Crippen LogP) is 1.62. The lowest BCUT2D eigenvalue weighted by molar-refractivity contribution is -0.139. The third-order valence-corrected chi connectivity index (χ3v) is 4.30. The van der Waals surface area contributed by atoms with E-state index < -0.39 is 5.91 Å². The van der Waals surface area contributed by atoms with Crippen molar-refractivity contribution in [1.82, 2.24) is 4.90 Å². The second kappa shape index (κ2) is 7.82. The van der Waals surface area contributed by atoms with Crippen LogP contribution in [0.4, 0.5) is 5.69 Å². The number of benzene rings is 2. The van der Waals surface area contributed by atoms with Crippen LogP contribution in [0.3, 0.4) is 0 Å². The minimum atomic E-state index is -0.413. The fraction of sp³-hybridized carbons (Fsp3) is 0.200. The summed E-state index contributed by atoms with van der Waals surface area (Å²) in [4.78, 5) is 47.8. The van der Waals surface area contributed by atoms with Crippen LogP contribution in [0.15, 0.2) is 48.5 Å². The van der Waals surface area contributed by atoms with Crippen LogP contribution in [0, 0.1) is 0 Å². The number of hydrogen-bond donors (Lipinski definition) is 2. The van der Waals surface area contributed by atoms with Gasteiger partial charge in [-0.15, -0.1) is 0 Å². The van der Waals surface area contributed by atoms with Crippen LogP contribution in [-0.2, 0) is 27.3 Å². The Kier molecular flexibility index (Phi) is 5.30. The number of anilines is 1. The molecule has 7 heteroatoms. The summed E-state index contributed by atoms with van der Waals surface area (Å²) in [6, 6.07) is 13.6. The molecule has 0 radical (unpaired) electrons. The number of primary amides is 1. The second-order valence-electron chi connectivity index (χ2n) is 6.36. The molecule has 0 bridgehead atoms. The molecule has 7 nitrogen and oxygen atoms in total. The summed E-state index contributed by atoms with van der Waals surface area (Å²) in [6.45, 7) is 0.223. The smallest absolute Gasteiger partial charge is 0.255 e. The largest absolute Gasteiger partial charge is 0.369 e. The summed E-state index contributed by atoms with van der Waals surface area (Å²) in [5.74, 6) is -1.02. The van der Waals surface area contributed by atoms with Crippen molar-refractivity contribution in [3.8, 4) is 0 Å². The minimum Gasteiger partial charge on any atom is -0.369 e. The first kappa shape index (κ1) is 18.3. The van der Waals surface area contributed by atoms with Crippen LogP contribution < -0.4 is 11.1 Å². The predicted molar refractivity (Wildman–Crippen MR) is 98.5 cm³/mol. The van der Waals surface area contributed by atoms with E-state index in [1.807, 2.05) is 0 Å². The van der Waals surface area contributed by atoms with Crippen molar-refractivity contribution in [2.75, 3.05) is 5.32 Å². The van der Waals surface area contributed by atoms with E-state index in [-0.39, 0.29) is 43.5 Å². The van der Waals surface area contributed by atoms with E-state index in [1.54, 1.807) is 48.5 Å². The van der Waals surface area contributed by atoms with Gasteiger partial charge in [0.2, 0.25) is 17.7 Å². The van der Waals surface area contributed by atoms with Crippen molar-refractivity contribution in [3.05, 3.63) is 65.2 Å². The number of carbonyl (C=O) groups is 4. The lowest BCUT2D eigenvalue weighted by atomic mass is 10.1. The van der Waals surface area contributed by atoms with Gasteiger partial charge in [0.25, 0.3) is 5.91 Å². The zero-order valence-electron chi connectivity index (χ0n) is 14.6. The van der Waals surface area contributed by atoms with Gasteiger partial charge in [0.05, 0.1) is 13.0 Å². The number of carbonyl (C=O) groups excluding carboxylic acids is 4. The molecule has 1 aliphatic heterocycles. The maximum atomic E-state index is 12.3. The van der Waals surface area contributed by atoms with Gasteiger partial charge in [0.1, 0.15) is 0 Å². The lowest BCUT2D eigenvalue weighted by Crippen LogP contribution is -2.28. The van der Waals surface area contributed by atoms with E-state index in [1.165, 1.54) is 4.90 Å². The molecule has 2 aromatic rings. The summed E-state index contributed by atoms with van der Waals surface area (Å²) in [5, 5.41) is 2.77.